The Kier molecular flexibility index (Phi) is 3.49. The lowest BCUT2D eigenvalue weighted by atomic mass is 10.0. The molecule has 0 amide bonds. The van der Waals surface area contributed by atoms with Crippen molar-refractivity contribution >= 4 is 21.9 Å². The zero-order valence-corrected chi connectivity index (χ0v) is 12.3. The molecule has 1 aliphatic rings. The van der Waals surface area contributed by atoms with Gasteiger partial charge in [0.1, 0.15) is 5.75 Å². The molecule has 3 rings (SSSR count). The lowest BCUT2D eigenvalue weighted by Gasteiger charge is -2.07. The molecule has 2 aromatic rings. The number of carboxylic acids is 1. The summed E-state index contributed by atoms with van der Waals surface area (Å²) >= 11 is 3.25. The van der Waals surface area contributed by atoms with Crippen molar-refractivity contribution in [2.75, 3.05) is 0 Å². The molecule has 1 saturated carbocycles. The molecule has 0 radical (unpaired) electrons. The summed E-state index contributed by atoms with van der Waals surface area (Å²) < 4.78 is 6.28. The fraction of sp³-hybridized carbons (Fsp3) is 0.188. The van der Waals surface area contributed by atoms with Crippen LogP contribution in [0.5, 0.6) is 5.75 Å². The number of hydrogen-bond donors (Lipinski definition) is 1. The maximum atomic E-state index is 11.1. The zero-order chi connectivity index (χ0) is 14.1. The second-order valence-electron chi connectivity index (χ2n) is 4.84. The van der Waals surface area contributed by atoms with Crippen LogP contribution in [0.15, 0.2) is 46.9 Å². The summed E-state index contributed by atoms with van der Waals surface area (Å²) in [6.07, 6.45) is 2.65. The molecular weight excluding hydrogens is 320 g/mol. The highest BCUT2D eigenvalue weighted by Crippen LogP contribution is 2.30. The second-order valence-corrected chi connectivity index (χ2v) is 5.70. The Morgan fingerprint density at radius 3 is 2.35 bits per heavy atom. The summed E-state index contributed by atoms with van der Waals surface area (Å²) in [5.74, 6) is -0.0702. The zero-order valence-electron chi connectivity index (χ0n) is 10.7. The van der Waals surface area contributed by atoms with Crippen LogP contribution in [0.3, 0.4) is 0 Å². The molecule has 0 aromatic heterocycles. The van der Waals surface area contributed by atoms with E-state index in [1.807, 2.05) is 30.3 Å². The third-order valence-corrected chi connectivity index (χ3v) is 3.90. The van der Waals surface area contributed by atoms with Gasteiger partial charge in [0.15, 0.2) is 0 Å². The van der Waals surface area contributed by atoms with Gasteiger partial charge in [-0.15, -0.1) is 0 Å². The highest BCUT2D eigenvalue weighted by atomic mass is 79.9. The molecule has 20 heavy (non-hydrogen) atoms. The standard InChI is InChI=1S/C16H13BrO3/c17-15-8-3-11(9-14(15)16(18)19)10-1-4-12(5-2-10)20-13-6-7-13/h1-5,8-9,13H,6-7H2,(H,18,19). The van der Waals surface area contributed by atoms with E-state index in [4.69, 9.17) is 9.84 Å². The van der Waals surface area contributed by atoms with Gasteiger partial charge in [-0.2, -0.15) is 0 Å². The number of benzene rings is 2. The highest BCUT2D eigenvalue weighted by molar-refractivity contribution is 9.10. The molecule has 1 aliphatic carbocycles. The number of rotatable bonds is 4. The summed E-state index contributed by atoms with van der Waals surface area (Å²) in [4.78, 5) is 11.1. The average molecular weight is 333 g/mol. The van der Waals surface area contributed by atoms with E-state index in [-0.39, 0.29) is 5.56 Å². The summed E-state index contributed by atoms with van der Waals surface area (Å²) in [5.41, 5.74) is 2.12. The maximum absolute atomic E-state index is 11.1. The Morgan fingerprint density at radius 1 is 1.10 bits per heavy atom. The highest BCUT2D eigenvalue weighted by Gasteiger charge is 2.23. The fourth-order valence-electron chi connectivity index (χ4n) is 1.97. The quantitative estimate of drug-likeness (QED) is 0.904. The Balaban J connectivity index is 1.87. The molecule has 2 aromatic carbocycles. The van der Waals surface area contributed by atoms with Gasteiger partial charge in [-0.05, 0) is 64.2 Å². The first-order chi connectivity index (χ1) is 9.63. The predicted molar refractivity (Wildman–Crippen MR) is 80.2 cm³/mol. The van der Waals surface area contributed by atoms with Crippen molar-refractivity contribution in [2.24, 2.45) is 0 Å². The Morgan fingerprint density at radius 2 is 1.75 bits per heavy atom. The molecule has 0 heterocycles. The van der Waals surface area contributed by atoms with Crippen LogP contribution in [-0.2, 0) is 0 Å². The molecule has 0 spiro atoms. The smallest absolute Gasteiger partial charge is 0.336 e. The SMILES string of the molecule is O=C(O)c1cc(-c2ccc(OC3CC3)cc2)ccc1Br. The number of carboxylic acid groups (broad SMARTS) is 1. The number of aromatic carboxylic acids is 1. The molecule has 0 atom stereocenters. The summed E-state index contributed by atoms with van der Waals surface area (Å²) in [7, 11) is 0. The Labute approximate surface area is 125 Å². The lowest BCUT2D eigenvalue weighted by Crippen LogP contribution is -1.98. The van der Waals surface area contributed by atoms with Crippen molar-refractivity contribution in [1.29, 1.82) is 0 Å². The Hall–Kier alpha value is -1.81. The normalized spacial score (nSPS) is 14.1. The molecule has 0 unspecified atom stereocenters. The third-order valence-electron chi connectivity index (χ3n) is 3.21. The molecule has 1 N–H and O–H groups in total. The van der Waals surface area contributed by atoms with Gasteiger partial charge >= 0.3 is 5.97 Å². The van der Waals surface area contributed by atoms with Crippen LogP contribution in [-0.4, -0.2) is 17.2 Å². The van der Waals surface area contributed by atoms with Crippen LogP contribution >= 0.6 is 15.9 Å². The van der Waals surface area contributed by atoms with E-state index in [2.05, 4.69) is 15.9 Å². The molecule has 1 fully saturated rings. The molecule has 4 heteroatoms. The van der Waals surface area contributed by atoms with Crippen LogP contribution in [0.1, 0.15) is 23.2 Å². The lowest BCUT2D eigenvalue weighted by molar-refractivity contribution is 0.0696. The van der Waals surface area contributed by atoms with Crippen molar-refractivity contribution in [3.63, 3.8) is 0 Å². The van der Waals surface area contributed by atoms with Gasteiger partial charge in [0.05, 0.1) is 11.7 Å². The fourth-order valence-corrected chi connectivity index (χ4v) is 2.39. The topological polar surface area (TPSA) is 46.5 Å². The van der Waals surface area contributed by atoms with Gasteiger partial charge in [-0.1, -0.05) is 18.2 Å². The predicted octanol–water partition coefficient (Wildman–Crippen LogP) is 4.36. The summed E-state index contributed by atoms with van der Waals surface area (Å²) in [6, 6.07) is 13.1. The van der Waals surface area contributed by atoms with E-state index in [1.165, 1.54) is 0 Å². The molecule has 0 saturated heterocycles. The van der Waals surface area contributed by atoms with Crippen LogP contribution in [0, 0.1) is 0 Å². The maximum Gasteiger partial charge on any atom is 0.336 e. The van der Waals surface area contributed by atoms with Gasteiger partial charge in [0.25, 0.3) is 0 Å². The minimum absolute atomic E-state index is 0.265. The minimum atomic E-state index is -0.938. The van der Waals surface area contributed by atoms with E-state index in [0.717, 1.165) is 29.7 Å². The summed E-state index contributed by atoms with van der Waals surface area (Å²) in [6.45, 7) is 0. The van der Waals surface area contributed by atoms with Crippen molar-refractivity contribution in [2.45, 2.75) is 18.9 Å². The first-order valence-electron chi connectivity index (χ1n) is 6.43. The first-order valence-corrected chi connectivity index (χ1v) is 7.23. The van der Waals surface area contributed by atoms with E-state index >= 15 is 0 Å². The van der Waals surface area contributed by atoms with Gasteiger partial charge in [0, 0.05) is 4.47 Å². The molecule has 102 valence electrons. The van der Waals surface area contributed by atoms with Crippen LogP contribution in [0.25, 0.3) is 11.1 Å². The number of hydrogen-bond acceptors (Lipinski definition) is 2. The first kappa shape index (κ1) is 13.2. The van der Waals surface area contributed by atoms with Gasteiger partial charge in [0.2, 0.25) is 0 Å². The van der Waals surface area contributed by atoms with E-state index in [0.29, 0.717) is 10.6 Å². The van der Waals surface area contributed by atoms with Crippen LogP contribution in [0.2, 0.25) is 0 Å². The van der Waals surface area contributed by atoms with Gasteiger partial charge in [-0.3, -0.25) is 0 Å². The van der Waals surface area contributed by atoms with E-state index in [1.54, 1.807) is 12.1 Å². The second kappa shape index (κ2) is 5.29. The third kappa shape index (κ3) is 2.85. The van der Waals surface area contributed by atoms with Crippen LogP contribution < -0.4 is 4.74 Å². The van der Waals surface area contributed by atoms with Crippen LogP contribution in [0.4, 0.5) is 0 Å². The van der Waals surface area contributed by atoms with Crippen molar-refractivity contribution in [1.82, 2.24) is 0 Å². The van der Waals surface area contributed by atoms with Gasteiger partial charge < -0.3 is 9.84 Å². The summed E-state index contributed by atoms with van der Waals surface area (Å²) in [5, 5.41) is 9.14. The molecular formula is C16H13BrO3. The van der Waals surface area contributed by atoms with Crippen molar-refractivity contribution in [3.05, 3.63) is 52.5 Å². The molecule has 0 aliphatic heterocycles. The number of ether oxygens (including phenoxy) is 1. The number of halogens is 1. The largest absolute Gasteiger partial charge is 0.490 e. The number of carbonyl (C=O) groups is 1. The molecule has 0 bridgehead atoms. The Bertz CT molecular complexity index is 645. The molecule has 3 nitrogen and oxygen atoms in total. The van der Waals surface area contributed by atoms with Crippen molar-refractivity contribution < 1.29 is 14.6 Å². The van der Waals surface area contributed by atoms with Crippen molar-refractivity contribution in [3.8, 4) is 16.9 Å². The van der Waals surface area contributed by atoms with E-state index < -0.39 is 5.97 Å². The monoisotopic (exact) mass is 332 g/mol. The van der Waals surface area contributed by atoms with E-state index in [9.17, 15) is 4.79 Å². The van der Waals surface area contributed by atoms with Gasteiger partial charge in [-0.25, -0.2) is 4.79 Å². The minimum Gasteiger partial charge on any atom is -0.490 e. The average Bonchev–Trinajstić information content (AvgIpc) is 3.24.